The average molecular weight is 274 g/mol. The van der Waals surface area contributed by atoms with Crippen LogP contribution in [0.2, 0.25) is 0 Å². The summed E-state index contributed by atoms with van der Waals surface area (Å²) in [6, 6.07) is 1.77. The second-order valence-corrected chi connectivity index (χ2v) is 4.72. The van der Waals surface area contributed by atoms with Crippen LogP contribution in [0.4, 0.5) is 24.8 Å². The molecule has 1 atom stereocenters. The van der Waals surface area contributed by atoms with Gasteiger partial charge in [0.05, 0.1) is 0 Å². The Morgan fingerprint density at radius 3 is 2.63 bits per heavy atom. The van der Waals surface area contributed by atoms with Gasteiger partial charge in [0.15, 0.2) is 0 Å². The fraction of sp³-hybridized carbons (Fsp3) is 0.667. The number of nitrogens with zero attached hydrogens (tertiary/aromatic N) is 3. The van der Waals surface area contributed by atoms with Crippen molar-refractivity contribution in [3.05, 3.63) is 11.9 Å². The molecular weight excluding hydrogens is 257 g/mol. The number of alkyl halides is 3. The maximum Gasteiger partial charge on any atom is 0.451 e. The number of piperidine rings is 1. The Labute approximate surface area is 110 Å². The largest absolute Gasteiger partial charge is 0.451 e. The predicted molar refractivity (Wildman–Crippen MR) is 67.2 cm³/mol. The molecule has 0 bridgehead atoms. The van der Waals surface area contributed by atoms with Gasteiger partial charge >= 0.3 is 6.18 Å². The molecule has 1 saturated heterocycles. The molecule has 2 rings (SSSR count). The molecule has 7 heteroatoms. The summed E-state index contributed by atoms with van der Waals surface area (Å²) in [6.45, 7) is 2.74. The molecule has 0 radical (unpaired) electrons. The molecule has 0 spiro atoms. The van der Waals surface area contributed by atoms with Gasteiger partial charge in [0.1, 0.15) is 11.6 Å². The molecule has 0 aliphatic carbocycles. The predicted octanol–water partition coefficient (Wildman–Crippen LogP) is 2.92. The molecule has 0 amide bonds. The van der Waals surface area contributed by atoms with Crippen LogP contribution in [0.5, 0.6) is 0 Å². The first kappa shape index (κ1) is 13.9. The van der Waals surface area contributed by atoms with Crippen molar-refractivity contribution >= 4 is 11.6 Å². The highest BCUT2D eigenvalue weighted by Gasteiger charge is 2.36. The molecule has 106 valence electrons. The van der Waals surface area contributed by atoms with Crippen LogP contribution >= 0.6 is 0 Å². The number of hydrogen-bond acceptors (Lipinski definition) is 4. The quantitative estimate of drug-likeness (QED) is 0.900. The zero-order chi connectivity index (χ0) is 14.0. The van der Waals surface area contributed by atoms with Gasteiger partial charge in [0.25, 0.3) is 0 Å². The minimum absolute atomic E-state index is 0.190. The Bertz CT molecular complexity index is 447. The van der Waals surface area contributed by atoms with E-state index in [1.54, 1.807) is 13.1 Å². The van der Waals surface area contributed by atoms with Crippen LogP contribution in [0.25, 0.3) is 0 Å². The molecule has 4 nitrogen and oxygen atoms in total. The van der Waals surface area contributed by atoms with Crippen LogP contribution in [0.1, 0.15) is 32.0 Å². The molecule has 19 heavy (non-hydrogen) atoms. The SMILES string of the molecule is CNc1cc(N2CCCCC2C)nc(C(F)(F)F)n1. The Balaban J connectivity index is 2.39. The van der Waals surface area contributed by atoms with Crippen molar-refractivity contribution in [2.45, 2.75) is 38.4 Å². The highest BCUT2D eigenvalue weighted by molar-refractivity contribution is 5.50. The van der Waals surface area contributed by atoms with Crippen molar-refractivity contribution in [3.63, 3.8) is 0 Å². The average Bonchev–Trinajstić information content (AvgIpc) is 2.37. The van der Waals surface area contributed by atoms with Crippen LogP contribution < -0.4 is 10.2 Å². The fourth-order valence-corrected chi connectivity index (χ4v) is 2.27. The zero-order valence-electron chi connectivity index (χ0n) is 11.0. The summed E-state index contributed by atoms with van der Waals surface area (Å²) in [6.07, 6.45) is -1.47. The van der Waals surface area contributed by atoms with E-state index in [4.69, 9.17) is 0 Å². The first-order chi connectivity index (χ1) is 8.91. The molecule has 2 heterocycles. The topological polar surface area (TPSA) is 41.0 Å². The monoisotopic (exact) mass is 274 g/mol. The van der Waals surface area contributed by atoms with Crippen molar-refractivity contribution in [2.24, 2.45) is 0 Å². The first-order valence-electron chi connectivity index (χ1n) is 6.32. The van der Waals surface area contributed by atoms with Gasteiger partial charge in [-0.3, -0.25) is 0 Å². The summed E-state index contributed by atoms with van der Waals surface area (Å²) >= 11 is 0. The Kier molecular flexibility index (Phi) is 3.82. The molecule has 1 N–H and O–H groups in total. The number of aromatic nitrogens is 2. The van der Waals surface area contributed by atoms with Crippen molar-refractivity contribution in [2.75, 3.05) is 23.8 Å². The zero-order valence-corrected chi connectivity index (χ0v) is 11.0. The second-order valence-electron chi connectivity index (χ2n) is 4.72. The van der Waals surface area contributed by atoms with E-state index >= 15 is 0 Å². The summed E-state index contributed by atoms with van der Waals surface area (Å²) in [4.78, 5) is 9.06. The van der Waals surface area contributed by atoms with Gasteiger partial charge in [-0.15, -0.1) is 0 Å². The first-order valence-corrected chi connectivity index (χ1v) is 6.32. The molecule has 0 saturated carbocycles. The van der Waals surface area contributed by atoms with Gasteiger partial charge in [-0.1, -0.05) is 0 Å². The normalized spacial score (nSPS) is 20.5. The maximum atomic E-state index is 12.8. The van der Waals surface area contributed by atoms with Crippen LogP contribution in [0.3, 0.4) is 0 Å². The van der Waals surface area contributed by atoms with E-state index in [0.29, 0.717) is 5.82 Å². The molecule has 0 aromatic carbocycles. The van der Waals surface area contributed by atoms with Crippen molar-refractivity contribution in [1.82, 2.24) is 9.97 Å². The van der Waals surface area contributed by atoms with Crippen LogP contribution in [-0.4, -0.2) is 29.6 Å². The molecule has 1 unspecified atom stereocenters. The van der Waals surface area contributed by atoms with Crippen LogP contribution in [0, 0.1) is 0 Å². The maximum absolute atomic E-state index is 12.8. The molecule has 1 aromatic rings. The highest BCUT2D eigenvalue weighted by atomic mass is 19.4. The number of nitrogens with one attached hydrogen (secondary N) is 1. The van der Waals surface area contributed by atoms with Gasteiger partial charge in [0, 0.05) is 25.7 Å². The number of hydrogen-bond donors (Lipinski definition) is 1. The number of halogens is 3. The molecule has 1 aromatic heterocycles. The van der Waals surface area contributed by atoms with Gasteiger partial charge in [0.2, 0.25) is 5.82 Å². The number of rotatable bonds is 2. The van der Waals surface area contributed by atoms with Gasteiger partial charge in [-0.25, -0.2) is 9.97 Å². The van der Waals surface area contributed by atoms with Crippen molar-refractivity contribution in [1.29, 1.82) is 0 Å². The van der Waals surface area contributed by atoms with Crippen molar-refractivity contribution in [3.8, 4) is 0 Å². The lowest BCUT2D eigenvalue weighted by atomic mass is 10.0. The summed E-state index contributed by atoms with van der Waals surface area (Å²) in [5, 5.41) is 2.66. The summed E-state index contributed by atoms with van der Waals surface area (Å²) in [5.41, 5.74) is 0. The third kappa shape index (κ3) is 3.08. The second kappa shape index (κ2) is 5.22. The number of anilines is 2. The lowest BCUT2D eigenvalue weighted by molar-refractivity contribution is -0.144. The third-order valence-corrected chi connectivity index (χ3v) is 3.32. The van der Waals surface area contributed by atoms with E-state index in [2.05, 4.69) is 15.3 Å². The van der Waals surface area contributed by atoms with Gasteiger partial charge < -0.3 is 10.2 Å². The molecule has 1 aliphatic rings. The lowest BCUT2D eigenvalue weighted by Gasteiger charge is -2.34. The molecular formula is C12H17F3N4. The summed E-state index contributed by atoms with van der Waals surface area (Å²) in [5.74, 6) is -0.555. The van der Waals surface area contributed by atoms with E-state index in [1.807, 2.05) is 11.8 Å². The van der Waals surface area contributed by atoms with E-state index in [-0.39, 0.29) is 11.9 Å². The Morgan fingerprint density at radius 1 is 1.32 bits per heavy atom. The van der Waals surface area contributed by atoms with E-state index in [0.717, 1.165) is 25.8 Å². The third-order valence-electron chi connectivity index (χ3n) is 3.32. The molecule has 1 fully saturated rings. The van der Waals surface area contributed by atoms with E-state index < -0.39 is 12.0 Å². The van der Waals surface area contributed by atoms with Gasteiger partial charge in [-0.05, 0) is 26.2 Å². The van der Waals surface area contributed by atoms with Crippen LogP contribution in [0.15, 0.2) is 6.07 Å². The Morgan fingerprint density at radius 2 is 2.05 bits per heavy atom. The molecule has 1 aliphatic heterocycles. The van der Waals surface area contributed by atoms with Crippen LogP contribution in [-0.2, 0) is 6.18 Å². The summed E-state index contributed by atoms with van der Waals surface area (Å²) < 4.78 is 38.3. The fourth-order valence-electron chi connectivity index (χ4n) is 2.27. The summed E-state index contributed by atoms with van der Waals surface area (Å²) in [7, 11) is 1.55. The standard InChI is InChI=1S/C12H17F3N4/c1-8-5-3-4-6-19(8)10-7-9(16-2)17-11(18-10)12(13,14)15/h7-8H,3-6H2,1-2H3,(H,16,17,18). The Hall–Kier alpha value is -1.53. The highest BCUT2D eigenvalue weighted by Crippen LogP contribution is 2.31. The van der Waals surface area contributed by atoms with E-state index in [9.17, 15) is 13.2 Å². The minimum atomic E-state index is -4.53. The lowest BCUT2D eigenvalue weighted by Crippen LogP contribution is -2.38. The smallest absolute Gasteiger partial charge is 0.373 e. The van der Waals surface area contributed by atoms with Crippen molar-refractivity contribution < 1.29 is 13.2 Å². The van der Waals surface area contributed by atoms with E-state index in [1.165, 1.54) is 0 Å². The van der Waals surface area contributed by atoms with Gasteiger partial charge in [-0.2, -0.15) is 13.2 Å². The minimum Gasteiger partial charge on any atom is -0.373 e.